The molecule has 17 heavy (non-hydrogen) atoms. The molecule has 0 radical (unpaired) electrons. The molecule has 96 valence electrons. The Labute approximate surface area is 103 Å². The number of nitrogen functional groups attached to an aromatic ring is 1. The highest BCUT2D eigenvalue weighted by Crippen LogP contribution is 2.07. The third-order valence-corrected chi connectivity index (χ3v) is 2.52. The van der Waals surface area contributed by atoms with Gasteiger partial charge >= 0.3 is 0 Å². The highest BCUT2D eigenvalue weighted by atomic mass is 16.7. The van der Waals surface area contributed by atoms with Crippen molar-refractivity contribution in [1.29, 1.82) is 0 Å². The first kappa shape index (κ1) is 13.9. The van der Waals surface area contributed by atoms with Crippen LogP contribution in [0.5, 0.6) is 0 Å². The van der Waals surface area contributed by atoms with Crippen LogP contribution in [0.2, 0.25) is 0 Å². The zero-order chi connectivity index (χ0) is 12.3. The van der Waals surface area contributed by atoms with Crippen LogP contribution in [0, 0.1) is 0 Å². The number of anilines is 1. The van der Waals surface area contributed by atoms with Crippen LogP contribution in [0.3, 0.4) is 0 Å². The molecule has 0 bridgehead atoms. The van der Waals surface area contributed by atoms with Crippen molar-refractivity contribution in [3.05, 3.63) is 24.0 Å². The van der Waals surface area contributed by atoms with Gasteiger partial charge in [0.15, 0.2) is 0 Å². The molecule has 4 heteroatoms. The zero-order valence-electron chi connectivity index (χ0n) is 10.5. The first-order chi connectivity index (χ1) is 8.33. The quantitative estimate of drug-likeness (QED) is 0.530. The summed E-state index contributed by atoms with van der Waals surface area (Å²) in [5.41, 5.74) is 7.42. The summed E-state index contributed by atoms with van der Waals surface area (Å²) < 4.78 is 10.0. The second-order valence-corrected chi connectivity index (χ2v) is 4.06. The maximum absolute atomic E-state index is 5.57. The molecule has 0 unspecified atom stereocenters. The Morgan fingerprint density at radius 2 is 2.00 bits per heavy atom. The summed E-state index contributed by atoms with van der Waals surface area (Å²) in [6.07, 6.45) is 7.41. The fourth-order valence-electron chi connectivity index (χ4n) is 1.59. The molecule has 0 aliphatic carbocycles. The number of unbranched alkanes of at least 4 members (excludes halogenated alkanes) is 3. The van der Waals surface area contributed by atoms with E-state index in [4.69, 9.17) is 15.2 Å². The van der Waals surface area contributed by atoms with E-state index >= 15 is 0 Å². The van der Waals surface area contributed by atoms with Gasteiger partial charge in [-0.05, 0) is 31.4 Å². The molecule has 0 saturated heterocycles. The zero-order valence-corrected chi connectivity index (χ0v) is 10.5. The van der Waals surface area contributed by atoms with Gasteiger partial charge in [-0.2, -0.15) is 0 Å². The Balaban J connectivity index is 1.95. The third-order valence-electron chi connectivity index (χ3n) is 2.52. The second kappa shape index (κ2) is 8.96. The summed E-state index contributed by atoms with van der Waals surface area (Å²) in [5, 5.41) is 0. The molecule has 0 aliphatic heterocycles. The highest BCUT2D eigenvalue weighted by molar-refractivity contribution is 5.34. The molecular formula is C13H22N2O2. The molecule has 1 heterocycles. The molecule has 1 aromatic heterocycles. The molecule has 0 aromatic carbocycles. The predicted octanol–water partition coefficient (Wildman–Crippen LogP) is 2.39. The van der Waals surface area contributed by atoms with Gasteiger partial charge < -0.3 is 15.2 Å². The van der Waals surface area contributed by atoms with Crippen molar-refractivity contribution in [2.45, 2.75) is 32.1 Å². The lowest BCUT2D eigenvalue weighted by Gasteiger charge is -2.03. The SMILES string of the molecule is COCOCCCCCCc1ccc(N)cn1. The van der Waals surface area contributed by atoms with Crippen LogP contribution in [0.15, 0.2) is 18.3 Å². The third kappa shape index (κ3) is 6.92. The molecule has 0 atom stereocenters. The van der Waals surface area contributed by atoms with Crippen molar-refractivity contribution in [2.24, 2.45) is 0 Å². The Morgan fingerprint density at radius 3 is 2.71 bits per heavy atom. The Hall–Kier alpha value is -1.13. The monoisotopic (exact) mass is 238 g/mol. The van der Waals surface area contributed by atoms with Gasteiger partial charge in [0.1, 0.15) is 6.79 Å². The number of nitrogens with zero attached hydrogens (tertiary/aromatic N) is 1. The summed E-state index contributed by atoms with van der Waals surface area (Å²) in [6.45, 7) is 1.18. The van der Waals surface area contributed by atoms with Crippen LogP contribution in [0.4, 0.5) is 5.69 Å². The number of aromatic nitrogens is 1. The van der Waals surface area contributed by atoms with Crippen LogP contribution in [-0.2, 0) is 15.9 Å². The van der Waals surface area contributed by atoms with Crippen molar-refractivity contribution in [3.63, 3.8) is 0 Å². The molecule has 0 spiro atoms. The molecule has 4 nitrogen and oxygen atoms in total. The normalized spacial score (nSPS) is 10.6. The minimum absolute atomic E-state index is 0.398. The molecule has 0 aliphatic rings. The lowest BCUT2D eigenvalue weighted by molar-refractivity contribution is -0.0315. The van der Waals surface area contributed by atoms with Gasteiger partial charge in [-0.25, -0.2) is 0 Å². The van der Waals surface area contributed by atoms with Crippen LogP contribution in [0.25, 0.3) is 0 Å². The van der Waals surface area contributed by atoms with Crippen molar-refractivity contribution >= 4 is 5.69 Å². The first-order valence-electron chi connectivity index (χ1n) is 6.10. The Kier molecular flexibility index (Phi) is 7.34. The van der Waals surface area contributed by atoms with E-state index in [1.165, 1.54) is 19.3 Å². The maximum Gasteiger partial charge on any atom is 0.146 e. The summed E-state index contributed by atoms with van der Waals surface area (Å²) in [7, 11) is 1.64. The maximum atomic E-state index is 5.57. The fourth-order valence-corrected chi connectivity index (χ4v) is 1.59. The summed E-state index contributed by atoms with van der Waals surface area (Å²) in [6, 6.07) is 3.90. The largest absolute Gasteiger partial charge is 0.397 e. The van der Waals surface area contributed by atoms with E-state index in [9.17, 15) is 0 Å². The van der Waals surface area contributed by atoms with Gasteiger partial charge in [0.2, 0.25) is 0 Å². The van der Waals surface area contributed by atoms with E-state index < -0.39 is 0 Å². The lowest BCUT2D eigenvalue weighted by Crippen LogP contribution is -1.98. The molecule has 0 saturated carbocycles. The van der Waals surface area contributed by atoms with Gasteiger partial charge in [-0.15, -0.1) is 0 Å². The summed E-state index contributed by atoms with van der Waals surface area (Å²) in [5.74, 6) is 0. The number of pyridine rings is 1. The number of hydrogen-bond donors (Lipinski definition) is 1. The number of rotatable bonds is 9. The topological polar surface area (TPSA) is 57.4 Å². The van der Waals surface area contributed by atoms with Gasteiger partial charge in [-0.1, -0.05) is 12.8 Å². The van der Waals surface area contributed by atoms with E-state index in [1.807, 2.05) is 12.1 Å². The van der Waals surface area contributed by atoms with Crippen molar-refractivity contribution in [2.75, 3.05) is 26.2 Å². The molecule has 1 rings (SSSR count). The average Bonchev–Trinajstić information content (AvgIpc) is 2.35. The van der Waals surface area contributed by atoms with Gasteiger partial charge in [-0.3, -0.25) is 4.98 Å². The fraction of sp³-hybridized carbons (Fsp3) is 0.615. The second-order valence-electron chi connectivity index (χ2n) is 4.06. The standard InChI is InChI=1S/C13H22N2O2/c1-16-11-17-9-5-3-2-4-6-13-8-7-12(14)10-15-13/h7-8,10H,2-6,9,11,14H2,1H3. The van der Waals surface area contributed by atoms with Crippen molar-refractivity contribution in [1.82, 2.24) is 4.98 Å². The minimum Gasteiger partial charge on any atom is -0.397 e. The van der Waals surface area contributed by atoms with Crippen LogP contribution < -0.4 is 5.73 Å². The lowest BCUT2D eigenvalue weighted by atomic mass is 10.1. The first-order valence-corrected chi connectivity index (χ1v) is 6.10. The predicted molar refractivity (Wildman–Crippen MR) is 68.6 cm³/mol. The van der Waals surface area contributed by atoms with Crippen molar-refractivity contribution in [3.8, 4) is 0 Å². The molecule has 1 aromatic rings. The Bertz CT molecular complexity index is 288. The van der Waals surface area contributed by atoms with Gasteiger partial charge in [0.25, 0.3) is 0 Å². The average molecular weight is 238 g/mol. The number of aryl methyl sites for hydroxylation is 1. The van der Waals surface area contributed by atoms with E-state index in [0.29, 0.717) is 6.79 Å². The smallest absolute Gasteiger partial charge is 0.146 e. The van der Waals surface area contributed by atoms with E-state index in [-0.39, 0.29) is 0 Å². The van der Waals surface area contributed by atoms with Crippen LogP contribution in [0.1, 0.15) is 31.4 Å². The van der Waals surface area contributed by atoms with E-state index in [1.54, 1.807) is 13.3 Å². The number of hydrogen-bond acceptors (Lipinski definition) is 4. The number of nitrogens with two attached hydrogens (primary N) is 1. The van der Waals surface area contributed by atoms with Gasteiger partial charge in [0, 0.05) is 19.4 Å². The highest BCUT2D eigenvalue weighted by Gasteiger charge is 1.95. The van der Waals surface area contributed by atoms with E-state index in [0.717, 1.165) is 30.8 Å². The molecule has 2 N–H and O–H groups in total. The summed E-state index contributed by atoms with van der Waals surface area (Å²) >= 11 is 0. The van der Waals surface area contributed by atoms with Crippen LogP contribution >= 0.6 is 0 Å². The molecule has 0 amide bonds. The summed E-state index contributed by atoms with van der Waals surface area (Å²) in [4.78, 5) is 4.27. The number of methoxy groups -OCH3 is 1. The molecular weight excluding hydrogens is 216 g/mol. The molecule has 0 fully saturated rings. The number of ether oxygens (including phenoxy) is 2. The minimum atomic E-state index is 0.398. The Morgan fingerprint density at radius 1 is 1.18 bits per heavy atom. The van der Waals surface area contributed by atoms with E-state index in [2.05, 4.69) is 4.98 Å². The van der Waals surface area contributed by atoms with Gasteiger partial charge in [0.05, 0.1) is 11.9 Å². The van der Waals surface area contributed by atoms with Crippen LogP contribution in [-0.4, -0.2) is 25.5 Å². The van der Waals surface area contributed by atoms with Crippen molar-refractivity contribution < 1.29 is 9.47 Å².